The van der Waals surface area contributed by atoms with Crippen LogP contribution in [0.1, 0.15) is 50.2 Å². The third kappa shape index (κ3) is 3.58. The Morgan fingerprint density at radius 2 is 1.94 bits per heavy atom. The van der Waals surface area contributed by atoms with Gasteiger partial charge in [0.25, 0.3) is 0 Å². The first kappa shape index (κ1) is 13.6. The van der Waals surface area contributed by atoms with Gasteiger partial charge in [-0.05, 0) is 43.7 Å². The first-order chi connectivity index (χ1) is 8.74. The first-order valence-corrected chi connectivity index (χ1v) is 7.50. The summed E-state index contributed by atoms with van der Waals surface area (Å²) in [7, 11) is 0. The van der Waals surface area contributed by atoms with E-state index in [1.54, 1.807) is 0 Å². The normalized spacial score (nSPS) is 18.8. The summed E-state index contributed by atoms with van der Waals surface area (Å²) in [5, 5.41) is 3.59. The SMILES string of the molecule is CCNCC1(Cc2cccc(C)c2)CCCCC1. The number of aryl methyl sites for hydroxylation is 1. The summed E-state index contributed by atoms with van der Waals surface area (Å²) in [5.41, 5.74) is 3.43. The van der Waals surface area contributed by atoms with Gasteiger partial charge in [-0.15, -0.1) is 0 Å². The third-order valence-corrected chi connectivity index (χ3v) is 4.33. The predicted octanol–water partition coefficient (Wildman–Crippen LogP) is 4.10. The fraction of sp³-hybridized carbons (Fsp3) is 0.647. The second-order valence-corrected chi connectivity index (χ2v) is 6.01. The summed E-state index contributed by atoms with van der Waals surface area (Å²) in [6.07, 6.45) is 8.31. The van der Waals surface area contributed by atoms with Gasteiger partial charge in [0, 0.05) is 6.54 Å². The van der Waals surface area contributed by atoms with Crippen LogP contribution in [0.2, 0.25) is 0 Å². The second-order valence-electron chi connectivity index (χ2n) is 6.01. The molecule has 0 atom stereocenters. The molecular weight excluding hydrogens is 218 g/mol. The lowest BCUT2D eigenvalue weighted by molar-refractivity contribution is 0.182. The zero-order chi connectivity index (χ0) is 12.8. The van der Waals surface area contributed by atoms with Crippen molar-refractivity contribution < 1.29 is 0 Å². The molecule has 1 aliphatic rings. The molecule has 0 saturated heterocycles. The summed E-state index contributed by atoms with van der Waals surface area (Å²) < 4.78 is 0. The van der Waals surface area contributed by atoms with Gasteiger partial charge in [-0.1, -0.05) is 56.0 Å². The van der Waals surface area contributed by atoms with Crippen LogP contribution in [0.3, 0.4) is 0 Å². The largest absolute Gasteiger partial charge is 0.316 e. The highest BCUT2D eigenvalue weighted by Gasteiger charge is 2.31. The molecule has 2 rings (SSSR count). The minimum atomic E-state index is 0.516. The Labute approximate surface area is 112 Å². The molecule has 0 bridgehead atoms. The number of rotatable bonds is 5. The highest BCUT2D eigenvalue weighted by atomic mass is 14.9. The second kappa shape index (κ2) is 6.38. The van der Waals surface area contributed by atoms with Gasteiger partial charge in [0.1, 0.15) is 0 Å². The number of benzene rings is 1. The van der Waals surface area contributed by atoms with Gasteiger partial charge in [0.15, 0.2) is 0 Å². The Hall–Kier alpha value is -0.820. The van der Waals surface area contributed by atoms with Crippen molar-refractivity contribution in [2.75, 3.05) is 13.1 Å². The molecule has 1 aromatic carbocycles. The van der Waals surface area contributed by atoms with Gasteiger partial charge in [0.2, 0.25) is 0 Å². The van der Waals surface area contributed by atoms with Crippen molar-refractivity contribution in [3.05, 3.63) is 35.4 Å². The van der Waals surface area contributed by atoms with Gasteiger partial charge in [0.05, 0.1) is 0 Å². The lowest BCUT2D eigenvalue weighted by Gasteiger charge is -2.38. The molecule has 1 aliphatic carbocycles. The molecule has 100 valence electrons. The standard InChI is InChI=1S/C17H27N/c1-3-18-14-17(10-5-4-6-11-17)13-16-9-7-8-15(2)12-16/h7-9,12,18H,3-6,10-11,13-14H2,1-2H3. The fourth-order valence-electron chi connectivity index (χ4n) is 3.36. The summed E-state index contributed by atoms with van der Waals surface area (Å²) in [5.74, 6) is 0. The summed E-state index contributed by atoms with van der Waals surface area (Å²) in [6, 6.07) is 9.06. The number of nitrogens with one attached hydrogen (secondary N) is 1. The zero-order valence-corrected chi connectivity index (χ0v) is 12.0. The van der Waals surface area contributed by atoms with Gasteiger partial charge < -0.3 is 5.32 Å². The van der Waals surface area contributed by atoms with E-state index in [1.165, 1.54) is 56.2 Å². The summed E-state index contributed by atoms with van der Waals surface area (Å²) in [4.78, 5) is 0. The van der Waals surface area contributed by atoms with Crippen LogP contribution in [0.15, 0.2) is 24.3 Å². The molecule has 0 radical (unpaired) electrons. The summed E-state index contributed by atoms with van der Waals surface area (Å²) >= 11 is 0. The maximum absolute atomic E-state index is 3.59. The number of hydrogen-bond donors (Lipinski definition) is 1. The van der Waals surface area contributed by atoms with Gasteiger partial charge >= 0.3 is 0 Å². The van der Waals surface area contributed by atoms with E-state index >= 15 is 0 Å². The lowest BCUT2D eigenvalue weighted by Crippen LogP contribution is -2.37. The van der Waals surface area contributed by atoms with E-state index in [1.807, 2.05) is 0 Å². The Morgan fingerprint density at radius 1 is 1.17 bits per heavy atom. The van der Waals surface area contributed by atoms with Crippen LogP contribution >= 0.6 is 0 Å². The van der Waals surface area contributed by atoms with Gasteiger partial charge in [-0.3, -0.25) is 0 Å². The monoisotopic (exact) mass is 245 g/mol. The number of hydrogen-bond acceptors (Lipinski definition) is 1. The van der Waals surface area contributed by atoms with E-state index < -0.39 is 0 Å². The third-order valence-electron chi connectivity index (χ3n) is 4.33. The predicted molar refractivity (Wildman–Crippen MR) is 78.9 cm³/mol. The topological polar surface area (TPSA) is 12.0 Å². The van der Waals surface area contributed by atoms with Crippen LogP contribution in [-0.4, -0.2) is 13.1 Å². The van der Waals surface area contributed by atoms with Crippen molar-refractivity contribution in [3.63, 3.8) is 0 Å². The Bertz CT molecular complexity index is 364. The summed E-state index contributed by atoms with van der Waals surface area (Å²) in [6.45, 7) is 6.69. The molecule has 0 aliphatic heterocycles. The quantitative estimate of drug-likeness (QED) is 0.823. The van der Waals surface area contributed by atoms with Crippen LogP contribution in [0.5, 0.6) is 0 Å². The zero-order valence-electron chi connectivity index (χ0n) is 12.0. The highest BCUT2D eigenvalue weighted by molar-refractivity contribution is 5.23. The van der Waals surface area contributed by atoms with E-state index in [-0.39, 0.29) is 0 Å². The molecule has 1 fully saturated rings. The van der Waals surface area contributed by atoms with Gasteiger partial charge in [-0.25, -0.2) is 0 Å². The van der Waals surface area contributed by atoms with E-state index in [2.05, 4.69) is 43.4 Å². The van der Waals surface area contributed by atoms with Crippen molar-refractivity contribution in [1.82, 2.24) is 5.32 Å². The highest BCUT2D eigenvalue weighted by Crippen LogP contribution is 2.38. The molecule has 0 unspecified atom stereocenters. The minimum Gasteiger partial charge on any atom is -0.316 e. The molecule has 1 aromatic rings. The fourth-order valence-corrected chi connectivity index (χ4v) is 3.36. The molecular formula is C17H27N. The van der Waals surface area contributed by atoms with Gasteiger partial charge in [-0.2, -0.15) is 0 Å². The van der Waals surface area contributed by atoms with Crippen molar-refractivity contribution in [2.24, 2.45) is 5.41 Å². The average Bonchev–Trinajstić information content (AvgIpc) is 2.38. The molecule has 0 amide bonds. The van der Waals surface area contributed by atoms with Crippen LogP contribution in [-0.2, 0) is 6.42 Å². The van der Waals surface area contributed by atoms with Crippen molar-refractivity contribution >= 4 is 0 Å². The Balaban J connectivity index is 2.08. The van der Waals surface area contributed by atoms with Crippen LogP contribution in [0.4, 0.5) is 0 Å². The van der Waals surface area contributed by atoms with Crippen molar-refractivity contribution in [2.45, 2.75) is 52.4 Å². The molecule has 1 saturated carbocycles. The van der Waals surface area contributed by atoms with Crippen molar-refractivity contribution in [1.29, 1.82) is 0 Å². The lowest BCUT2D eigenvalue weighted by atomic mass is 9.70. The van der Waals surface area contributed by atoms with E-state index in [0.717, 1.165) is 6.54 Å². The maximum Gasteiger partial charge on any atom is 0.00109 e. The van der Waals surface area contributed by atoms with E-state index in [4.69, 9.17) is 0 Å². The molecule has 1 nitrogen and oxygen atoms in total. The molecule has 0 heterocycles. The van der Waals surface area contributed by atoms with E-state index in [9.17, 15) is 0 Å². The Kier molecular flexibility index (Phi) is 4.82. The molecule has 0 aromatic heterocycles. The van der Waals surface area contributed by atoms with Crippen molar-refractivity contribution in [3.8, 4) is 0 Å². The van der Waals surface area contributed by atoms with Crippen LogP contribution in [0, 0.1) is 12.3 Å². The molecule has 0 spiro atoms. The smallest absolute Gasteiger partial charge is 0.00109 e. The maximum atomic E-state index is 3.59. The average molecular weight is 245 g/mol. The first-order valence-electron chi connectivity index (χ1n) is 7.50. The van der Waals surface area contributed by atoms with Crippen LogP contribution < -0.4 is 5.32 Å². The Morgan fingerprint density at radius 3 is 2.61 bits per heavy atom. The molecule has 1 N–H and O–H groups in total. The van der Waals surface area contributed by atoms with E-state index in [0.29, 0.717) is 5.41 Å². The van der Waals surface area contributed by atoms with Crippen LogP contribution in [0.25, 0.3) is 0 Å². The minimum absolute atomic E-state index is 0.516. The molecule has 1 heteroatoms. The molecule has 18 heavy (non-hydrogen) atoms.